The van der Waals surface area contributed by atoms with Crippen molar-refractivity contribution < 1.29 is 18.0 Å². The summed E-state index contributed by atoms with van der Waals surface area (Å²) in [5.41, 5.74) is 1.38. The number of alkyl halides is 3. The first-order valence-electron chi connectivity index (χ1n) is 9.10. The van der Waals surface area contributed by atoms with Crippen LogP contribution >= 0.6 is 0 Å². The van der Waals surface area contributed by atoms with E-state index in [4.69, 9.17) is 0 Å². The smallest absolute Gasteiger partial charge is 0.343 e. The fraction of sp³-hybridized carbons (Fsp3) is 0.227. The molecule has 0 spiro atoms. The Morgan fingerprint density at radius 3 is 2.62 bits per heavy atom. The van der Waals surface area contributed by atoms with Gasteiger partial charge in [-0.15, -0.1) is 0 Å². The van der Waals surface area contributed by atoms with Gasteiger partial charge in [-0.1, -0.05) is 24.3 Å². The molecular weight excluding hydrogens is 379 g/mol. The van der Waals surface area contributed by atoms with Gasteiger partial charge in [-0.25, -0.2) is 0 Å². The lowest BCUT2D eigenvalue weighted by molar-refractivity contribution is -0.137. The van der Waals surface area contributed by atoms with Gasteiger partial charge in [-0.05, 0) is 50.0 Å². The first-order valence-corrected chi connectivity index (χ1v) is 9.10. The first kappa shape index (κ1) is 20.7. The van der Waals surface area contributed by atoms with Gasteiger partial charge < -0.3 is 14.8 Å². The summed E-state index contributed by atoms with van der Waals surface area (Å²) in [5, 5.41) is 3.69. The van der Waals surface area contributed by atoms with Crippen LogP contribution < -0.4 is 5.32 Å². The number of rotatable bonds is 6. The second kappa shape index (κ2) is 8.53. The predicted octanol–water partition coefficient (Wildman–Crippen LogP) is 4.76. The first-order chi connectivity index (χ1) is 13.7. The van der Waals surface area contributed by atoms with Crippen LogP contribution in [0.1, 0.15) is 11.1 Å². The largest absolute Gasteiger partial charge is 0.416 e. The maximum Gasteiger partial charge on any atom is 0.416 e. The number of hydrogen-bond acceptors (Lipinski definition) is 2. The highest BCUT2D eigenvalue weighted by atomic mass is 19.4. The van der Waals surface area contributed by atoms with Crippen molar-refractivity contribution in [1.29, 1.82) is 0 Å². The van der Waals surface area contributed by atoms with Crippen LogP contribution in [0.25, 0.3) is 10.9 Å². The number of anilines is 1. The molecule has 0 saturated carbocycles. The molecule has 3 aromatic rings. The van der Waals surface area contributed by atoms with E-state index in [-0.39, 0.29) is 5.91 Å². The highest BCUT2D eigenvalue weighted by molar-refractivity contribution is 6.05. The molecule has 1 amide bonds. The van der Waals surface area contributed by atoms with Crippen LogP contribution in [-0.4, -0.2) is 36.0 Å². The highest BCUT2D eigenvalue weighted by Crippen LogP contribution is 2.30. The number of carbonyl (C=O) groups is 1. The molecule has 0 aliphatic heterocycles. The second-order valence-corrected chi connectivity index (χ2v) is 7.03. The summed E-state index contributed by atoms with van der Waals surface area (Å²) in [4.78, 5) is 14.1. The third-order valence-corrected chi connectivity index (χ3v) is 4.42. The average Bonchev–Trinajstić information content (AvgIpc) is 3.05. The Hall–Kier alpha value is -3.06. The number of hydrogen-bond donors (Lipinski definition) is 1. The Bertz CT molecular complexity index is 1040. The Balaban J connectivity index is 1.81. The average molecular weight is 401 g/mol. The topological polar surface area (TPSA) is 37.3 Å². The molecule has 0 unspecified atom stereocenters. The Morgan fingerprint density at radius 1 is 1.14 bits per heavy atom. The third kappa shape index (κ3) is 5.26. The van der Waals surface area contributed by atoms with Crippen molar-refractivity contribution in [2.45, 2.75) is 12.7 Å². The quantitative estimate of drug-likeness (QED) is 0.605. The summed E-state index contributed by atoms with van der Waals surface area (Å²) in [6, 6.07) is 12.6. The van der Waals surface area contributed by atoms with Gasteiger partial charge in [0.1, 0.15) is 0 Å². The fourth-order valence-corrected chi connectivity index (χ4v) is 3.06. The zero-order valence-electron chi connectivity index (χ0n) is 16.2. The van der Waals surface area contributed by atoms with E-state index in [1.165, 1.54) is 12.1 Å². The van der Waals surface area contributed by atoms with Crippen molar-refractivity contribution in [3.8, 4) is 0 Å². The number of halogens is 3. The van der Waals surface area contributed by atoms with Gasteiger partial charge in [-0.3, -0.25) is 4.79 Å². The number of benzene rings is 2. The van der Waals surface area contributed by atoms with Crippen LogP contribution in [-0.2, 0) is 17.5 Å². The molecule has 0 atom stereocenters. The lowest BCUT2D eigenvalue weighted by atomic mass is 10.1. The number of amides is 1. The van der Waals surface area contributed by atoms with Gasteiger partial charge in [0, 0.05) is 30.7 Å². The lowest BCUT2D eigenvalue weighted by Gasteiger charge is -2.11. The van der Waals surface area contributed by atoms with E-state index in [2.05, 4.69) is 5.32 Å². The number of fused-ring (bicyclic) bond motifs is 1. The zero-order valence-corrected chi connectivity index (χ0v) is 16.2. The third-order valence-electron chi connectivity index (χ3n) is 4.42. The maximum atomic E-state index is 13.0. The second-order valence-electron chi connectivity index (χ2n) is 7.03. The van der Waals surface area contributed by atoms with Crippen molar-refractivity contribution in [1.82, 2.24) is 9.47 Å². The molecule has 0 saturated heterocycles. The number of nitrogens with zero attached hydrogens (tertiary/aromatic N) is 2. The minimum absolute atomic E-state index is 0.232. The SMILES string of the molecule is CN(C)C/C=C/C(=O)Nc1cccc2c1ccn2Cc1cccc(C(F)(F)F)c1. The summed E-state index contributed by atoms with van der Waals surface area (Å²) in [6.07, 6.45) is 0.696. The Morgan fingerprint density at radius 2 is 1.90 bits per heavy atom. The van der Waals surface area contributed by atoms with Crippen molar-refractivity contribution in [3.63, 3.8) is 0 Å². The van der Waals surface area contributed by atoms with Crippen molar-refractivity contribution in [2.75, 3.05) is 26.0 Å². The van der Waals surface area contributed by atoms with Gasteiger partial charge in [0.25, 0.3) is 0 Å². The van der Waals surface area contributed by atoms with Gasteiger partial charge in [-0.2, -0.15) is 13.2 Å². The number of aromatic nitrogens is 1. The monoisotopic (exact) mass is 401 g/mol. The van der Waals surface area contributed by atoms with Crippen LogP contribution in [0.4, 0.5) is 18.9 Å². The normalized spacial score (nSPS) is 12.2. The summed E-state index contributed by atoms with van der Waals surface area (Å²) in [6.45, 7) is 0.957. The minimum atomic E-state index is -4.37. The highest BCUT2D eigenvalue weighted by Gasteiger charge is 2.30. The van der Waals surface area contributed by atoms with E-state index in [1.54, 1.807) is 18.2 Å². The molecule has 152 valence electrons. The van der Waals surface area contributed by atoms with E-state index in [0.717, 1.165) is 23.0 Å². The number of nitrogens with one attached hydrogen (secondary N) is 1. The van der Waals surface area contributed by atoms with Crippen LogP contribution in [0.15, 0.2) is 66.9 Å². The molecule has 0 radical (unpaired) electrons. The van der Waals surface area contributed by atoms with E-state index < -0.39 is 11.7 Å². The van der Waals surface area contributed by atoms with E-state index in [0.29, 0.717) is 24.3 Å². The van der Waals surface area contributed by atoms with Crippen molar-refractivity contribution in [2.24, 2.45) is 0 Å². The van der Waals surface area contributed by atoms with Gasteiger partial charge in [0.05, 0.1) is 16.8 Å². The fourth-order valence-electron chi connectivity index (χ4n) is 3.06. The molecule has 3 rings (SSSR count). The molecule has 0 fully saturated rings. The van der Waals surface area contributed by atoms with E-state index in [9.17, 15) is 18.0 Å². The van der Waals surface area contributed by atoms with Crippen molar-refractivity contribution in [3.05, 3.63) is 78.0 Å². The van der Waals surface area contributed by atoms with E-state index >= 15 is 0 Å². The number of likely N-dealkylation sites (N-methyl/N-ethyl adjacent to an activating group) is 1. The minimum Gasteiger partial charge on any atom is -0.343 e. The summed E-state index contributed by atoms with van der Waals surface area (Å²) in [5.74, 6) is -0.232. The molecule has 0 aliphatic carbocycles. The predicted molar refractivity (Wildman–Crippen MR) is 109 cm³/mol. The number of carbonyl (C=O) groups excluding carboxylic acids is 1. The van der Waals surface area contributed by atoms with E-state index in [1.807, 2.05) is 48.0 Å². The maximum absolute atomic E-state index is 13.0. The van der Waals surface area contributed by atoms with Crippen LogP contribution in [0.5, 0.6) is 0 Å². The molecule has 1 aromatic heterocycles. The standard InChI is InChI=1S/C22H22F3N3O/c1-27(2)12-5-10-21(29)26-19-8-4-9-20-18(19)11-13-28(20)15-16-6-3-7-17(14-16)22(23,24)25/h3-11,13-14H,12,15H2,1-2H3,(H,26,29)/b10-5+. The van der Waals surface area contributed by atoms with Crippen LogP contribution in [0.2, 0.25) is 0 Å². The molecule has 2 aromatic carbocycles. The van der Waals surface area contributed by atoms with Gasteiger partial charge >= 0.3 is 6.18 Å². The molecule has 7 heteroatoms. The van der Waals surface area contributed by atoms with Crippen LogP contribution in [0.3, 0.4) is 0 Å². The van der Waals surface area contributed by atoms with Crippen LogP contribution in [0, 0.1) is 0 Å². The van der Waals surface area contributed by atoms with Gasteiger partial charge in [0.15, 0.2) is 0 Å². The lowest BCUT2D eigenvalue weighted by Crippen LogP contribution is -2.13. The molecule has 4 nitrogen and oxygen atoms in total. The summed E-state index contributed by atoms with van der Waals surface area (Å²) in [7, 11) is 3.83. The van der Waals surface area contributed by atoms with Gasteiger partial charge in [0.2, 0.25) is 5.91 Å². The summed E-state index contributed by atoms with van der Waals surface area (Å²) >= 11 is 0. The van der Waals surface area contributed by atoms with Crippen molar-refractivity contribution >= 4 is 22.5 Å². The molecule has 0 bridgehead atoms. The Kier molecular flexibility index (Phi) is 6.08. The Labute approximate surface area is 167 Å². The molecule has 0 aliphatic rings. The molecule has 1 heterocycles. The molecule has 29 heavy (non-hydrogen) atoms. The molecular formula is C22H22F3N3O. The molecule has 1 N–H and O–H groups in total. The summed E-state index contributed by atoms with van der Waals surface area (Å²) < 4.78 is 40.7. The zero-order chi connectivity index (χ0) is 21.0.